The molecule has 8 heteroatoms. The van der Waals surface area contributed by atoms with E-state index in [1.807, 2.05) is 21.1 Å². The molecule has 0 saturated heterocycles. The third kappa shape index (κ3) is 25.6. The summed E-state index contributed by atoms with van der Waals surface area (Å²) in [5, 5.41) is 0. The second kappa shape index (κ2) is 21.3. The summed E-state index contributed by atoms with van der Waals surface area (Å²) < 4.78 is 27.0. The number of carbonyl (C=O) groups excluding carboxylic acids is 1. The molecule has 0 radical (unpaired) electrons. The summed E-state index contributed by atoms with van der Waals surface area (Å²) in [4.78, 5) is 21.3. The number of esters is 1. The molecule has 1 unspecified atom stereocenters. The Hall–Kier alpha value is -0.980. The highest BCUT2D eigenvalue weighted by Gasteiger charge is 2.21. The quantitative estimate of drug-likeness (QED) is 0.0406. The first-order chi connectivity index (χ1) is 16.2. The van der Waals surface area contributed by atoms with Gasteiger partial charge in [-0.1, -0.05) is 70.4 Å². The lowest BCUT2D eigenvalue weighted by atomic mass is 10.1. The lowest BCUT2D eigenvalue weighted by Gasteiger charge is -2.23. The van der Waals surface area contributed by atoms with E-state index in [0.717, 1.165) is 25.7 Å². The first-order valence-corrected chi connectivity index (χ1v) is 14.6. The molecule has 200 valence electrons. The van der Waals surface area contributed by atoms with Crippen molar-refractivity contribution in [2.24, 2.45) is 0 Å². The van der Waals surface area contributed by atoms with E-state index in [-0.39, 0.29) is 19.2 Å². The zero-order valence-electron chi connectivity index (χ0n) is 22.2. The van der Waals surface area contributed by atoms with Gasteiger partial charge in [-0.25, -0.2) is 4.57 Å². The van der Waals surface area contributed by atoms with Gasteiger partial charge in [-0.05, 0) is 38.2 Å². The van der Waals surface area contributed by atoms with Crippen LogP contribution in [-0.4, -0.2) is 56.2 Å². The first kappa shape index (κ1) is 33.0. The highest BCUT2D eigenvalue weighted by molar-refractivity contribution is 7.47. The van der Waals surface area contributed by atoms with Crippen LogP contribution in [0.15, 0.2) is 24.5 Å². The monoisotopic (exact) mass is 504 g/mol. The zero-order valence-corrected chi connectivity index (χ0v) is 23.1. The molecular weight excluding hydrogens is 453 g/mol. The Morgan fingerprint density at radius 1 is 0.824 bits per heavy atom. The first-order valence-electron chi connectivity index (χ1n) is 13.1. The predicted molar refractivity (Wildman–Crippen MR) is 139 cm³/mol. The molecule has 0 spiro atoms. The van der Waals surface area contributed by atoms with Gasteiger partial charge in [0.15, 0.2) is 0 Å². The van der Waals surface area contributed by atoms with Crippen LogP contribution < -0.4 is 0 Å². The highest BCUT2D eigenvalue weighted by atomic mass is 31.2. The second-order valence-electron chi connectivity index (χ2n) is 9.81. The highest BCUT2D eigenvalue weighted by Crippen LogP contribution is 2.42. The summed E-state index contributed by atoms with van der Waals surface area (Å²) >= 11 is 0. The molecule has 0 aliphatic rings. The Kier molecular flexibility index (Phi) is 20.7. The van der Waals surface area contributed by atoms with Crippen molar-refractivity contribution in [2.75, 3.05) is 40.9 Å². The van der Waals surface area contributed by atoms with Gasteiger partial charge in [-0.2, -0.15) is 0 Å². The smallest absolute Gasteiger partial charge is 0.435 e. The number of rotatable bonds is 23. The van der Waals surface area contributed by atoms with Crippen LogP contribution in [0.3, 0.4) is 0 Å². The molecule has 7 nitrogen and oxygen atoms in total. The SMILES string of the molecule is CCCCCCCCC=CCCCCCCCC(=O)OC=CCOP(=O)(O)OCC[N+](C)(C)C. The van der Waals surface area contributed by atoms with Crippen molar-refractivity contribution in [3.8, 4) is 0 Å². The van der Waals surface area contributed by atoms with E-state index in [2.05, 4.69) is 19.1 Å². The molecular formula is C26H51NO6P+. The number of allylic oxidation sites excluding steroid dienone is 2. The van der Waals surface area contributed by atoms with E-state index in [4.69, 9.17) is 13.8 Å². The summed E-state index contributed by atoms with van der Waals surface area (Å²) in [7, 11) is 1.78. The second-order valence-corrected chi connectivity index (χ2v) is 11.3. The normalized spacial score (nSPS) is 14.1. The van der Waals surface area contributed by atoms with E-state index in [0.29, 0.717) is 17.4 Å². The minimum atomic E-state index is -4.09. The maximum absolute atomic E-state index is 11.7. The van der Waals surface area contributed by atoms with E-state index in [9.17, 15) is 14.3 Å². The van der Waals surface area contributed by atoms with Crippen molar-refractivity contribution >= 4 is 13.8 Å². The van der Waals surface area contributed by atoms with Crippen LogP contribution in [0.5, 0.6) is 0 Å². The van der Waals surface area contributed by atoms with Crippen molar-refractivity contribution in [1.82, 2.24) is 0 Å². The van der Waals surface area contributed by atoms with Crippen molar-refractivity contribution in [2.45, 2.75) is 96.8 Å². The minimum Gasteiger partial charge on any atom is -0.435 e. The van der Waals surface area contributed by atoms with Gasteiger partial charge in [0.2, 0.25) is 0 Å². The molecule has 0 aliphatic carbocycles. The van der Waals surface area contributed by atoms with Crippen LogP contribution in [0.2, 0.25) is 0 Å². The number of ether oxygens (including phenoxy) is 1. The number of quaternary nitrogens is 1. The minimum absolute atomic E-state index is 0.117. The zero-order chi connectivity index (χ0) is 25.5. The number of nitrogens with zero attached hydrogens (tertiary/aromatic N) is 1. The van der Waals surface area contributed by atoms with Crippen LogP contribution in [0.4, 0.5) is 0 Å². The lowest BCUT2D eigenvalue weighted by molar-refractivity contribution is -0.870. The summed E-state index contributed by atoms with van der Waals surface area (Å²) in [5.41, 5.74) is 0. The number of phosphoric acid groups is 1. The van der Waals surface area contributed by atoms with Gasteiger partial charge in [0.05, 0.1) is 34.0 Å². The molecule has 0 saturated carbocycles. The Balaban J connectivity index is 3.54. The topological polar surface area (TPSA) is 82.1 Å². The lowest BCUT2D eigenvalue weighted by Crippen LogP contribution is -2.37. The van der Waals surface area contributed by atoms with Gasteiger partial charge in [0, 0.05) is 6.42 Å². The number of hydrogen-bond acceptors (Lipinski definition) is 5. The molecule has 0 aromatic carbocycles. The third-order valence-electron chi connectivity index (χ3n) is 5.29. The molecule has 0 fully saturated rings. The number of hydrogen-bond donors (Lipinski definition) is 1. The number of likely N-dealkylation sites (N-methyl/N-ethyl adjacent to an activating group) is 1. The maximum Gasteiger partial charge on any atom is 0.472 e. The average Bonchev–Trinajstić information content (AvgIpc) is 2.75. The van der Waals surface area contributed by atoms with Gasteiger partial charge >= 0.3 is 13.8 Å². The van der Waals surface area contributed by atoms with Gasteiger partial charge in [-0.3, -0.25) is 13.8 Å². The maximum atomic E-state index is 11.7. The summed E-state index contributed by atoms with van der Waals surface area (Å²) in [6, 6.07) is 0. The summed E-state index contributed by atoms with van der Waals surface area (Å²) in [5.74, 6) is -0.305. The van der Waals surface area contributed by atoms with Crippen molar-refractivity contribution < 1.29 is 32.5 Å². The van der Waals surface area contributed by atoms with Crippen LogP contribution >= 0.6 is 7.82 Å². The van der Waals surface area contributed by atoms with E-state index < -0.39 is 7.82 Å². The molecule has 0 amide bonds. The Morgan fingerprint density at radius 2 is 1.38 bits per heavy atom. The van der Waals surface area contributed by atoms with Crippen LogP contribution in [0.25, 0.3) is 0 Å². The molecule has 0 aromatic rings. The van der Waals surface area contributed by atoms with Crippen LogP contribution in [0, 0.1) is 0 Å². The van der Waals surface area contributed by atoms with Crippen molar-refractivity contribution in [1.29, 1.82) is 0 Å². The molecule has 34 heavy (non-hydrogen) atoms. The number of carbonyl (C=O) groups is 1. The summed E-state index contributed by atoms with van der Waals surface area (Å²) in [6.07, 6.45) is 23.4. The fraction of sp³-hybridized carbons (Fsp3) is 0.808. The molecule has 0 aliphatic heterocycles. The van der Waals surface area contributed by atoms with Crippen LogP contribution in [-0.2, 0) is 23.1 Å². The van der Waals surface area contributed by atoms with E-state index in [1.54, 1.807) is 0 Å². The van der Waals surface area contributed by atoms with Gasteiger partial charge in [0.1, 0.15) is 13.2 Å². The fourth-order valence-corrected chi connectivity index (χ4v) is 3.83. The van der Waals surface area contributed by atoms with Crippen LogP contribution in [0.1, 0.15) is 96.8 Å². The molecule has 0 rings (SSSR count). The molecule has 0 bridgehead atoms. The van der Waals surface area contributed by atoms with Crippen molar-refractivity contribution in [3.05, 3.63) is 24.5 Å². The number of phosphoric ester groups is 1. The van der Waals surface area contributed by atoms with Crippen molar-refractivity contribution in [3.63, 3.8) is 0 Å². The molecule has 0 aromatic heterocycles. The summed E-state index contributed by atoms with van der Waals surface area (Å²) in [6.45, 7) is 2.78. The fourth-order valence-electron chi connectivity index (χ4n) is 3.17. The number of unbranched alkanes of at least 4 members (excludes halogenated alkanes) is 11. The Bertz CT molecular complexity index is 601. The largest absolute Gasteiger partial charge is 0.472 e. The van der Waals surface area contributed by atoms with E-state index >= 15 is 0 Å². The van der Waals surface area contributed by atoms with Gasteiger partial charge in [0.25, 0.3) is 0 Å². The standard InChI is InChI=1S/C26H50NO6P/c1-5-6-7-8-9-10-11-12-13-14-15-16-17-18-19-21-26(28)31-23-20-24-32-34(29,30)33-25-22-27(2,3)4/h12-13,20,23H,5-11,14-19,21-22,24-25H2,1-4H3/p+1. The molecule has 1 atom stereocenters. The average molecular weight is 505 g/mol. The van der Waals surface area contributed by atoms with Gasteiger partial charge in [-0.15, -0.1) is 0 Å². The third-order valence-corrected chi connectivity index (χ3v) is 6.27. The predicted octanol–water partition coefficient (Wildman–Crippen LogP) is 6.92. The van der Waals surface area contributed by atoms with Gasteiger partial charge < -0.3 is 14.1 Å². The van der Waals surface area contributed by atoms with E-state index in [1.165, 1.54) is 70.1 Å². The molecule has 1 N–H and O–H groups in total. The Labute approximate surface area is 208 Å². The molecule has 0 heterocycles. The Morgan fingerprint density at radius 3 is 1.97 bits per heavy atom.